The molecule has 1 atom stereocenters. The number of hydrogen-bond donors (Lipinski definition) is 1. The average Bonchev–Trinajstić information content (AvgIpc) is 2.53. The van der Waals surface area contributed by atoms with Crippen LogP contribution in [0.25, 0.3) is 0 Å². The summed E-state index contributed by atoms with van der Waals surface area (Å²) in [6.07, 6.45) is 2.43. The van der Waals surface area contributed by atoms with Crippen LogP contribution in [0.3, 0.4) is 0 Å². The number of rotatable bonds is 4. The first kappa shape index (κ1) is 18.3. The van der Waals surface area contributed by atoms with Crippen molar-refractivity contribution in [1.29, 1.82) is 0 Å². The van der Waals surface area contributed by atoms with Gasteiger partial charge in [0.25, 0.3) is 0 Å². The third-order valence-corrected chi connectivity index (χ3v) is 5.86. The molecular formula is C19H29ClN2O. The van der Waals surface area contributed by atoms with Gasteiger partial charge < -0.3 is 10.6 Å². The highest BCUT2D eigenvalue weighted by Gasteiger charge is 2.43. The molecule has 1 amide bonds. The fourth-order valence-electron chi connectivity index (χ4n) is 3.70. The van der Waals surface area contributed by atoms with Crippen LogP contribution in [-0.4, -0.2) is 29.9 Å². The third-order valence-electron chi connectivity index (χ3n) is 5.61. The van der Waals surface area contributed by atoms with Crippen LogP contribution >= 0.6 is 11.6 Å². The summed E-state index contributed by atoms with van der Waals surface area (Å²) in [6.45, 7) is 9.96. The number of benzene rings is 1. The number of carbonyl (C=O) groups is 1. The Bertz CT molecular complexity index is 549. The summed E-state index contributed by atoms with van der Waals surface area (Å²) in [6, 6.07) is 7.89. The minimum Gasteiger partial charge on any atom is -0.341 e. The Labute approximate surface area is 145 Å². The van der Waals surface area contributed by atoms with Crippen LogP contribution in [0.5, 0.6) is 0 Å². The van der Waals surface area contributed by atoms with Crippen molar-refractivity contribution in [2.75, 3.05) is 13.1 Å². The minimum atomic E-state index is -0.470. The number of carbonyl (C=O) groups excluding carboxylic acids is 1. The van der Waals surface area contributed by atoms with Crippen LogP contribution in [0.15, 0.2) is 24.3 Å². The molecule has 0 aliphatic carbocycles. The van der Waals surface area contributed by atoms with Gasteiger partial charge in [0.05, 0.1) is 5.41 Å². The number of nitrogens with two attached hydrogens (primary N) is 1. The number of likely N-dealkylation sites (tertiary alicyclic amines) is 1. The van der Waals surface area contributed by atoms with Crippen molar-refractivity contribution in [3.05, 3.63) is 34.9 Å². The second kappa shape index (κ2) is 6.82. The van der Waals surface area contributed by atoms with Gasteiger partial charge in [0.15, 0.2) is 0 Å². The van der Waals surface area contributed by atoms with Gasteiger partial charge >= 0.3 is 0 Å². The predicted octanol–water partition coefficient (Wildman–Crippen LogP) is 3.98. The summed E-state index contributed by atoms with van der Waals surface area (Å²) < 4.78 is 0. The average molecular weight is 337 g/mol. The van der Waals surface area contributed by atoms with E-state index in [0.717, 1.165) is 37.9 Å². The maximum atomic E-state index is 13.4. The maximum absolute atomic E-state index is 13.4. The van der Waals surface area contributed by atoms with Crippen LogP contribution in [0.2, 0.25) is 5.02 Å². The SMILES string of the molecule is CCC(CC)(C(=O)N1CCC(N)C(C)(C)C1)c1ccc(Cl)cc1. The lowest BCUT2D eigenvalue weighted by molar-refractivity contribution is -0.141. The second-order valence-corrected chi connectivity index (χ2v) is 7.84. The second-order valence-electron chi connectivity index (χ2n) is 7.41. The summed E-state index contributed by atoms with van der Waals surface area (Å²) in [5.41, 5.74) is 6.77. The van der Waals surface area contributed by atoms with Gasteiger partial charge in [-0.05, 0) is 42.4 Å². The van der Waals surface area contributed by atoms with Gasteiger partial charge in [-0.1, -0.05) is 51.4 Å². The lowest BCUT2D eigenvalue weighted by Crippen LogP contribution is -2.57. The van der Waals surface area contributed by atoms with Crippen LogP contribution < -0.4 is 5.73 Å². The Morgan fingerprint density at radius 2 is 1.87 bits per heavy atom. The van der Waals surface area contributed by atoms with E-state index in [9.17, 15) is 4.79 Å². The van der Waals surface area contributed by atoms with Crippen molar-refractivity contribution in [1.82, 2.24) is 4.90 Å². The van der Waals surface area contributed by atoms with Crippen molar-refractivity contribution >= 4 is 17.5 Å². The molecule has 0 spiro atoms. The number of hydrogen-bond acceptors (Lipinski definition) is 2. The molecule has 0 bridgehead atoms. The fourth-order valence-corrected chi connectivity index (χ4v) is 3.83. The van der Waals surface area contributed by atoms with Crippen molar-refractivity contribution in [3.8, 4) is 0 Å². The van der Waals surface area contributed by atoms with Gasteiger partial charge in [-0.3, -0.25) is 4.79 Å². The number of piperidine rings is 1. The molecule has 2 N–H and O–H groups in total. The highest BCUT2D eigenvalue weighted by Crippen LogP contribution is 2.37. The van der Waals surface area contributed by atoms with E-state index >= 15 is 0 Å². The molecule has 1 saturated heterocycles. The van der Waals surface area contributed by atoms with Crippen molar-refractivity contribution in [2.24, 2.45) is 11.1 Å². The molecule has 1 aliphatic heterocycles. The van der Waals surface area contributed by atoms with Gasteiger partial charge in [-0.15, -0.1) is 0 Å². The van der Waals surface area contributed by atoms with E-state index in [-0.39, 0.29) is 17.4 Å². The topological polar surface area (TPSA) is 46.3 Å². The van der Waals surface area contributed by atoms with Gasteiger partial charge in [0.1, 0.15) is 0 Å². The zero-order valence-electron chi connectivity index (χ0n) is 14.7. The van der Waals surface area contributed by atoms with Gasteiger partial charge in [-0.25, -0.2) is 0 Å². The molecule has 1 aromatic rings. The fraction of sp³-hybridized carbons (Fsp3) is 0.632. The number of amides is 1. The smallest absolute Gasteiger partial charge is 0.233 e. The van der Waals surface area contributed by atoms with Crippen molar-refractivity contribution in [3.63, 3.8) is 0 Å². The molecule has 1 unspecified atom stereocenters. The quantitative estimate of drug-likeness (QED) is 0.903. The normalized spacial score (nSPS) is 21.3. The molecule has 0 aromatic heterocycles. The standard InChI is InChI=1S/C19H29ClN2O/c1-5-19(6-2,14-7-9-15(20)10-8-14)17(23)22-12-11-16(21)18(3,4)13-22/h7-10,16H,5-6,11-13,21H2,1-4H3. The van der Waals surface area contributed by atoms with Crippen LogP contribution in [0.4, 0.5) is 0 Å². The molecule has 2 rings (SSSR count). The summed E-state index contributed by atoms with van der Waals surface area (Å²) in [4.78, 5) is 15.4. The van der Waals surface area contributed by atoms with Crippen molar-refractivity contribution < 1.29 is 4.79 Å². The van der Waals surface area contributed by atoms with Crippen LogP contribution in [-0.2, 0) is 10.2 Å². The maximum Gasteiger partial charge on any atom is 0.233 e. The Morgan fingerprint density at radius 1 is 1.30 bits per heavy atom. The summed E-state index contributed by atoms with van der Waals surface area (Å²) in [5, 5.41) is 0.701. The largest absolute Gasteiger partial charge is 0.341 e. The monoisotopic (exact) mass is 336 g/mol. The Hall–Kier alpha value is -1.06. The van der Waals surface area contributed by atoms with E-state index in [1.165, 1.54) is 0 Å². The summed E-state index contributed by atoms with van der Waals surface area (Å²) >= 11 is 6.02. The Balaban J connectivity index is 2.33. The molecular weight excluding hydrogens is 308 g/mol. The van der Waals surface area contributed by atoms with Gasteiger partial charge in [-0.2, -0.15) is 0 Å². The molecule has 1 aromatic carbocycles. The molecule has 23 heavy (non-hydrogen) atoms. The third kappa shape index (κ3) is 3.41. The highest BCUT2D eigenvalue weighted by atomic mass is 35.5. The molecule has 3 nitrogen and oxygen atoms in total. The Morgan fingerprint density at radius 3 is 2.35 bits per heavy atom. The molecule has 1 fully saturated rings. The summed E-state index contributed by atoms with van der Waals surface area (Å²) in [5.74, 6) is 0.227. The van der Waals surface area contributed by atoms with E-state index in [0.29, 0.717) is 5.02 Å². The Kier molecular flexibility index (Phi) is 5.42. The molecule has 0 radical (unpaired) electrons. The van der Waals surface area contributed by atoms with E-state index in [2.05, 4.69) is 27.7 Å². The molecule has 1 heterocycles. The van der Waals surface area contributed by atoms with Crippen LogP contribution in [0.1, 0.15) is 52.5 Å². The van der Waals surface area contributed by atoms with Gasteiger partial charge in [0, 0.05) is 24.2 Å². The van der Waals surface area contributed by atoms with E-state index in [4.69, 9.17) is 17.3 Å². The van der Waals surface area contributed by atoms with Crippen LogP contribution in [0, 0.1) is 5.41 Å². The lowest BCUT2D eigenvalue weighted by Gasteiger charge is -2.46. The molecule has 128 valence electrons. The van der Waals surface area contributed by atoms with Crippen molar-refractivity contribution in [2.45, 2.75) is 58.4 Å². The first-order valence-electron chi connectivity index (χ1n) is 8.58. The first-order valence-corrected chi connectivity index (χ1v) is 8.95. The lowest BCUT2D eigenvalue weighted by atomic mass is 9.73. The minimum absolute atomic E-state index is 0.0405. The highest BCUT2D eigenvalue weighted by molar-refractivity contribution is 6.30. The predicted molar refractivity (Wildman–Crippen MR) is 96.7 cm³/mol. The zero-order chi connectivity index (χ0) is 17.3. The molecule has 4 heteroatoms. The van der Waals surface area contributed by atoms with E-state index in [1.54, 1.807) is 0 Å². The number of nitrogens with zero attached hydrogens (tertiary/aromatic N) is 1. The van der Waals surface area contributed by atoms with E-state index in [1.807, 2.05) is 29.2 Å². The molecule has 1 aliphatic rings. The van der Waals surface area contributed by atoms with E-state index < -0.39 is 5.41 Å². The van der Waals surface area contributed by atoms with Gasteiger partial charge in [0.2, 0.25) is 5.91 Å². The first-order chi connectivity index (χ1) is 10.8. The summed E-state index contributed by atoms with van der Waals surface area (Å²) in [7, 11) is 0. The zero-order valence-corrected chi connectivity index (χ0v) is 15.5. The molecule has 0 saturated carbocycles. The number of halogens is 1.